The van der Waals surface area contributed by atoms with Gasteiger partial charge in [0.05, 0.1) is 18.8 Å². The number of nitrogens with zero attached hydrogens (tertiary/aromatic N) is 2. The van der Waals surface area contributed by atoms with E-state index in [1.165, 1.54) is 24.1 Å². The van der Waals surface area contributed by atoms with E-state index in [-0.39, 0.29) is 42.4 Å². The smallest absolute Gasteiger partial charge is 0.376 e. The summed E-state index contributed by atoms with van der Waals surface area (Å²) < 4.78 is 61.5. The van der Waals surface area contributed by atoms with E-state index in [4.69, 9.17) is 10.1 Å². The van der Waals surface area contributed by atoms with Crippen molar-refractivity contribution in [2.24, 2.45) is 0 Å². The van der Waals surface area contributed by atoms with Gasteiger partial charge >= 0.3 is 6.18 Å². The first kappa shape index (κ1) is 22.8. The highest BCUT2D eigenvalue weighted by atomic mass is 19.4. The van der Waals surface area contributed by atoms with E-state index < -0.39 is 35.7 Å². The van der Waals surface area contributed by atoms with E-state index in [1.807, 2.05) is 0 Å². The van der Waals surface area contributed by atoms with Crippen molar-refractivity contribution < 1.29 is 27.1 Å². The number of ether oxygens (including phenoxy) is 1. The molecule has 1 aromatic heterocycles. The van der Waals surface area contributed by atoms with E-state index in [0.717, 1.165) is 22.8 Å². The standard InChI is InChI=1S/C21H24F4N4O2/c1-20(2)12-28(8-9-31-20)19(30)18-15(13-4-6-14(22)7-5-13)10-16(21(23,24)25)29(18)11-17(26)27-3/h4-7,10H,8-9,11-12H2,1-3H3,(H2,26,27). The fourth-order valence-corrected chi connectivity index (χ4v) is 3.60. The van der Waals surface area contributed by atoms with Crippen molar-refractivity contribution >= 4 is 11.7 Å². The molecule has 6 nitrogen and oxygen atoms in total. The predicted octanol–water partition coefficient (Wildman–Crippen LogP) is 3.76. The fourth-order valence-electron chi connectivity index (χ4n) is 3.60. The molecule has 2 aromatic rings. The van der Waals surface area contributed by atoms with Crippen molar-refractivity contribution in [3.8, 4) is 11.1 Å². The summed E-state index contributed by atoms with van der Waals surface area (Å²) in [6.45, 7) is 3.80. The summed E-state index contributed by atoms with van der Waals surface area (Å²) >= 11 is 0. The minimum Gasteiger partial charge on any atom is -0.376 e. The highest BCUT2D eigenvalue weighted by Crippen LogP contribution is 2.38. The van der Waals surface area contributed by atoms with Crippen LogP contribution in [-0.4, -0.2) is 53.6 Å². The number of halogens is 4. The molecule has 1 aliphatic heterocycles. The summed E-state index contributed by atoms with van der Waals surface area (Å²) in [7, 11) is 1.42. The van der Waals surface area contributed by atoms with Gasteiger partial charge in [-0.25, -0.2) is 4.39 Å². The maximum atomic E-state index is 13.9. The zero-order chi connectivity index (χ0) is 23.0. The average Bonchev–Trinajstić information content (AvgIpc) is 3.06. The van der Waals surface area contributed by atoms with Gasteiger partial charge < -0.3 is 19.5 Å². The molecule has 1 aromatic carbocycles. The molecule has 0 atom stereocenters. The molecule has 0 spiro atoms. The number of nitrogens with one attached hydrogen (secondary N) is 2. The van der Waals surface area contributed by atoms with Crippen LogP contribution in [0, 0.1) is 11.2 Å². The number of alkyl halides is 3. The van der Waals surface area contributed by atoms with Crippen LogP contribution in [-0.2, 0) is 17.5 Å². The summed E-state index contributed by atoms with van der Waals surface area (Å²) in [5.74, 6) is -1.34. The topological polar surface area (TPSA) is 70.4 Å². The van der Waals surface area contributed by atoms with Gasteiger partial charge in [0.25, 0.3) is 5.91 Å². The minimum atomic E-state index is -4.76. The third-order valence-corrected chi connectivity index (χ3v) is 5.08. The van der Waals surface area contributed by atoms with Crippen LogP contribution in [0.5, 0.6) is 0 Å². The molecule has 2 N–H and O–H groups in total. The van der Waals surface area contributed by atoms with Gasteiger partial charge in [0.15, 0.2) is 0 Å². The van der Waals surface area contributed by atoms with Gasteiger partial charge in [-0.3, -0.25) is 10.2 Å². The van der Waals surface area contributed by atoms with Gasteiger partial charge in [0, 0.05) is 25.7 Å². The van der Waals surface area contributed by atoms with Crippen molar-refractivity contribution in [3.05, 3.63) is 47.5 Å². The Kier molecular flexibility index (Phi) is 6.13. The first-order chi connectivity index (χ1) is 14.4. The summed E-state index contributed by atoms with van der Waals surface area (Å²) in [5, 5.41) is 10.4. The predicted molar refractivity (Wildman–Crippen MR) is 108 cm³/mol. The fraction of sp³-hybridized carbons (Fsp3) is 0.429. The molecule has 3 rings (SSSR count). The number of hydrogen-bond acceptors (Lipinski definition) is 3. The molecule has 2 heterocycles. The van der Waals surface area contributed by atoms with Gasteiger partial charge in [0.2, 0.25) is 0 Å². The largest absolute Gasteiger partial charge is 0.431 e. The van der Waals surface area contributed by atoms with E-state index in [2.05, 4.69) is 5.32 Å². The molecule has 168 valence electrons. The molecule has 10 heteroatoms. The van der Waals surface area contributed by atoms with Crippen molar-refractivity contribution in [1.82, 2.24) is 14.8 Å². The highest BCUT2D eigenvalue weighted by molar-refractivity contribution is 6.00. The minimum absolute atomic E-state index is 0.0329. The Bertz CT molecular complexity index is 981. The molecule has 0 saturated carbocycles. The van der Waals surface area contributed by atoms with Gasteiger partial charge in [-0.1, -0.05) is 12.1 Å². The van der Waals surface area contributed by atoms with Crippen LogP contribution >= 0.6 is 0 Å². The number of rotatable bonds is 4. The van der Waals surface area contributed by atoms with Crippen molar-refractivity contribution in [1.29, 1.82) is 5.41 Å². The Morgan fingerprint density at radius 3 is 2.45 bits per heavy atom. The lowest BCUT2D eigenvalue weighted by Gasteiger charge is -2.38. The van der Waals surface area contributed by atoms with E-state index in [1.54, 1.807) is 13.8 Å². The number of aromatic nitrogens is 1. The number of carbonyl (C=O) groups excluding carboxylic acids is 1. The van der Waals surface area contributed by atoms with Crippen LogP contribution in [0.15, 0.2) is 30.3 Å². The number of amides is 1. The molecule has 1 fully saturated rings. The van der Waals surface area contributed by atoms with Gasteiger partial charge in [-0.2, -0.15) is 13.2 Å². The number of amidine groups is 1. The molecule has 0 aliphatic carbocycles. The maximum Gasteiger partial charge on any atom is 0.431 e. The van der Waals surface area contributed by atoms with Crippen molar-refractivity contribution in [2.45, 2.75) is 32.2 Å². The molecule has 1 aliphatic rings. The van der Waals surface area contributed by atoms with Crippen molar-refractivity contribution in [2.75, 3.05) is 26.7 Å². The number of hydrogen-bond donors (Lipinski definition) is 2. The molecular weight excluding hydrogens is 416 g/mol. The Morgan fingerprint density at radius 1 is 1.26 bits per heavy atom. The molecule has 31 heavy (non-hydrogen) atoms. The average molecular weight is 440 g/mol. The normalized spacial score (nSPS) is 16.3. The Labute approximate surface area is 177 Å². The monoisotopic (exact) mass is 440 g/mol. The van der Waals surface area contributed by atoms with Crippen LogP contribution in [0.1, 0.15) is 30.0 Å². The van der Waals surface area contributed by atoms with E-state index in [9.17, 15) is 22.4 Å². The second kappa shape index (κ2) is 8.33. The first-order valence-electron chi connectivity index (χ1n) is 9.68. The Balaban J connectivity index is 2.21. The van der Waals surface area contributed by atoms with Gasteiger partial charge in [0.1, 0.15) is 23.0 Å². The molecular formula is C21H24F4N4O2. The zero-order valence-corrected chi connectivity index (χ0v) is 17.4. The van der Waals surface area contributed by atoms with Crippen LogP contribution in [0.25, 0.3) is 11.1 Å². The van der Waals surface area contributed by atoms with Crippen LogP contribution in [0.2, 0.25) is 0 Å². The molecule has 0 radical (unpaired) electrons. The lowest BCUT2D eigenvalue weighted by Crippen LogP contribution is -2.51. The quantitative estimate of drug-likeness (QED) is 0.432. The SMILES string of the molecule is CNC(=N)Cn1c(C(F)(F)F)cc(-c2ccc(F)cc2)c1C(=O)N1CCOC(C)(C)C1. The van der Waals surface area contributed by atoms with Crippen LogP contribution in [0.3, 0.4) is 0 Å². The lowest BCUT2D eigenvalue weighted by molar-refractivity contribution is -0.143. The highest BCUT2D eigenvalue weighted by Gasteiger charge is 2.40. The molecule has 0 unspecified atom stereocenters. The molecule has 1 amide bonds. The van der Waals surface area contributed by atoms with Crippen LogP contribution < -0.4 is 5.32 Å². The number of likely N-dealkylation sites (N-methyl/N-ethyl adjacent to an activating group) is 1. The molecule has 1 saturated heterocycles. The van der Waals surface area contributed by atoms with Crippen molar-refractivity contribution in [3.63, 3.8) is 0 Å². The van der Waals surface area contributed by atoms with Crippen LogP contribution in [0.4, 0.5) is 17.6 Å². The summed E-state index contributed by atoms with van der Waals surface area (Å²) in [5.41, 5.74) is -1.59. The third-order valence-electron chi connectivity index (χ3n) is 5.08. The van der Waals surface area contributed by atoms with Gasteiger partial charge in [-0.05, 0) is 37.6 Å². The molecule has 0 bridgehead atoms. The second-order valence-corrected chi connectivity index (χ2v) is 7.95. The van der Waals surface area contributed by atoms with Gasteiger partial charge in [-0.15, -0.1) is 0 Å². The number of benzene rings is 1. The number of morpholine rings is 1. The third kappa shape index (κ3) is 4.90. The summed E-state index contributed by atoms with van der Waals surface area (Å²) in [6.07, 6.45) is -4.76. The number of carbonyl (C=O) groups is 1. The Hall–Kier alpha value is -2.88. The maximum absolute atomic E-state index is 13.9. The van der Waals surface area contributed by atoms with E-state index >= 15 is 0 Å². The Morgan fingerprint density at radius 2 is 1.90 bits per heavy atom. The summed E-state index contributed by atoms with van der Waals surface area (Å²) in [4.78, 5) is 14.9. The summed E-state index contributed by atoms with van der Waals surface area (Å²) in [6, 6.07) is 5.80. The first-order valence-corrected chi connectivity index (χ1v) is 9.68. The zero-order valence-electron chi connectivity index (χ0n) is 17.4. The second-order valence-electron chi connectivity index (χ2n) is 7.95. The van der Waals surface area contributed by atoms with E-state index in [0.29, 0.717) is 0 Å². The lowest BCUT2D eigenvalue weighted by atomic mass is 10.0.